The van der Waals surface area contributed by atoms with Gasteiger partial charge in [0.25, 0.3) is 0 Å². The van der Waals surface area contributed by atoms with Crippen LogP contribution in [0.25, 0.3) is 0 Å². The molecular formula is C12H26O7S2. The van der Waals surface area contributed by atoms with E-state index in [4.69, 9.17) is 5.11 Å². The van der Waals surface area contributed by atoms with Crippen LogP contribution < -0.4 is 0 Å². The van der Waals surface area contributed by atoms with E-state index in [2.05, 4.69) is 0 Å². The van der Waals surface area contributed by atoms with Gasteiger partial charge in [0.1, 0.15) is 36.6 Å². The molecule has 0 aliphatic rings. The van der Waals surface area contributed by atoms with E-state index >= 15 is 0 Å². The van der Waals surface area contributed by atoms with E-state index < -0.39 is 47.8 Å². The molecule has 0 saturated heterocycles. The maximum atomic E-state index is 10.1. The molecule has 0 spiro atoms. The summed E-state index contributed by atoms with van der Waals surface area (Å²) in [5.74, 6) is 1.40. The Kier molecular flexibility index (Phi) is 11.3. The van der Waals surface area contributed by atoms with Gasteiger partial charge in [-0.3, -0.25) is 0 Å². The highest BCUT2D eigenvalue weighted by atomic mass is 32.2. The van der Waals surface area contributed by atoms with Gasteiger partial charge in [-0.1, -0.05) is 13.8 Å². The summed E-state index contributed by atoms with van der Waals surface area (Å²) in [6.45, 7) is 2.98. The van der Waals surface area contributed by atoms with Crippen molar-refractivity contribution in [1.29, 1.82) is 0 Å². The molecule has 0 aliphatic heterocycles. The Morgan fingerprint density at radius 1 is 0.667 bits per heavy atom. The number of thioether (sulfide) groups is 2. The summed E-state index contributed by atoms with van der Waals surface area (Å²) < 4.78 is -0.392. The van der Waals surface area contributed by atoms with Gasteiger partial charge < -0.3 is 35.7 Å². The summed E-state index contributed by atoms with van der Waals surface area (Å²) in [5.41, 5.74) is 0. The van der Waals surface area contributed by atoms with Gasteiger partial charge in [0.15, 0.2) is 0 Å². The van der Waals surface area contributed by atoms with Gasteiger partial charge in [-0.25, -0.2) is 0 Å². The molecule has 0 rings (SSSR count). The minimum Gasteiger partial charge on any atom is -0.394 e. The van der Waals surface area contributed by atoms with Gasteiger partial charge in [-0.05, 0) is 11.5 Å². The van der Waals surface area contributed by atoms with Gasteiger partial charge in [0.05, 0.1) is 11.2 Å². The molecule has 128 valence electrons. The fourth-order valence-corrected chi connectivity index (χ4v) is 4.25. The van der Waals surface area contributed by atoms with Crippen LogP contribution in [0.5, 0.6) is 0 Å². The first-order valence-corrected chi connectivity index (χ1v) is 8.83. The van der Waals surface area contributed by atoms with Crippen molar-refractivity contribution in [3.05, 3.63) is 0 Å². The number of rotatable bonds is 11. The van der Waals surface area contributed by atoms with Crippen molar-refractivity contribution in [2.75, 3.05) is 18.1 Å². The number of hydrogen-bond donors (Lipinski definition) is 7. The fourth-order valence-electron chi connectivity index (χ4n) is 1.68. The van der Waals surface area contributed by atoms with Crippen LogP contribution in [-0.4, -0.2) is 95.1 Å². The van der Waals surface area contributed by atoms with Gasteiger partial charge in [0, 0.05) is 0 Å². The molecule has 0 radical (unpaired) electrons. The zero-order valence-electron chi connectivity index (χ0n) is 12.1. The highest BCUT2D eigenvalue weighted by Crippen LogP contribution is 2.29. The van der Waals surface area contributed by atoms with Crippen LogP contribution in [0.15, 0.2) is 0 Å². The molecule has 0 aliphatic carbocycles. The third-order valence-electron chi connectivity index (χ3n) is 2.92. The molecule has 6 atom stereocenters. The van der Waals surface area contributed by atoms with Crippen LogP contribution in [-0.2, 0) is 0 Å². The van der Waals surface area contributed by atoms with E-state index in [1.165, 1.54) is 23.5 Å². The Morgan fingerprint density at radius 2 is 1.05 bits per heavy atom. The third-order valence-corrected chi connectivity index (χ3v) is 5.62. The first-order chi connectivity index (χ1) is 9.81. The van der Waals surface area contributed by atoms with Crippen LogP contribution in [0.2, 0.25) is 0 Å². The lowest BCUT2D eigenvalue weighted by Gasteiger charge is -2.33. The molecule has 21 heavy (non-hydrogen) atoms. The maximum absolute atomic E-state index is 10.1. The van der Waals surface area contributed by atoms with Crippen LogP contribution in [0.3, 0.4) is 0 Å². The first-order valence-electron chi connectivity index (χ1n) is 6.74. The normalized spacial score (nSPS) is 20.9. The Balaban J connectivity index is 4.75. The highest BCUT2D eigenvalue weighted by molar-refractivity contribution is 8.17. The monoisotopic (exact) mass is 346 g/mol. The van der Waals surface area contributed by atoms with Crippen molar-refractivity contribution >= 4 is 23.5 Å². The minimum atomic E-state index is -1.89. The minimum absolute atomic E-state index is 0.392. The first kappa shape index (κ1) is 21.4. The second kappa shape index (κ2) is 11.0. The third kappa shape index (κ3) is 6.59. The Bertz CT molecular complexity index is 266. The standard InChI is InChI=1S/C12H26O7S2/c1-3-20-12(21-4-2)11(19)10(18)9(17)8(16)7(15)6(14)5-13/h6-19H,3-5H2,1-2H3. The predicted octanol–water partition coefficient (Wildman–Crippen LogP) is -2.02. The average molecular weight is 346 g/mol. The van der Waals surface area contributed by atoms with Crippen LogP contribution in [0.1, 0.15) is 13.8 Å². The molecule has 7 N–H and O–H groups in total. The summed E-state index contributed by atoms with van der Waals surface area (Å²) in [7, 11) is 0. The number of aliphatic hydroxyl groups is 7. The lowest BCUT2D eigenvalue weighted by atomic mass is 9.97. The van der Waals surface area contributed by atoms with Crippen molar-refractivity contribution in [3.8, 4) is 0 Å². The van der Waals surface area contributed by atoms with E-state index in [0.717, 1.165) is 0 Å². The summed E-state index contributed by atoms with van der Waals surface area (Å²) in [6.07, 6.45) is -10.2. The van der Waals surface area contributed by atoms with Gasteiger partial charge in [-0.2, -0.15) is 0 Å². The van der Waals surface area contributed by atoms with Gasteiger partial charge in [0.2, 0.25) is 0 Å². The van der Waals surface area contributed by atoms with Crippen molar-refractivity contribution in [1.82, 2.24) is 0 Å². The molecule has 0 aromatic rings. The predicted molar refractivity (Wildman–Crippen MR) is 83.2 cm³/mol. The summed E-state index contributed by atoms with van der Waals surface area (Å²) in [5, 5.41) is 67.0. The largest absolute Gasteiger partial charge is 0.394 e. The van der Waals surface area contributed by atoms with E-state index in [1.54, 1.807) is 0 Å². The summed E-state index contributed by atoms with van der Waals surface area (Å²) >= 11 is 2.79. The average Bonchev–Trinajstić information content (AvgIpc) is 2.50. The van der Waals surface area contributed by atoms with Crippen LogP contribution in [0, 0.1) is 0 Å². The molecule has 0 amide bonds. The fraction of sp³-hybridized carbons (Fsp3) is 1.00. The van der Waals surface area contributed by atoms with Crippen molar-refractivity contribution in [2.24, 2.45) is 0 Å². The van der Waals surface area contributed by atoms with E-state index in [-0.39, 0.29) is 0 Å². The van der Waals surface area contributed by atoms with Gasteiger partial charge in [-0.15, -0.1) is 23.5 Å². The molecule has 9 heteroatoms. The topological polar surface area (TPSA) is 142 Å². The Labute approximate surface area is 133 Å². The smallest absolute Gasteiger partial charge is 0.111 e. The lowest BCUT2D eigenvalue weighted by Crippen LogP contribution is -2.54. The summed E-state index contributed by atoms with van der Waals surface area (Å²) in [6, 6.07) is 0. The molecule has 0 heterocycles. The van der Waals surface area contributed by atoms with Crippen molar-refractivity contribution < 1.29 is 35.7 Å². The zero-order valence-corrected chi connectivity index (χ0v) is 13.7. The highest BCUT2D eigenvalue weighted by Gasteiger charge is 2.39. The molecule has 0 bridgehead atoms. The van der Waals surface area contributed by atoms with Gasteiger partial charge >= 0.3 is 0 Å². The number of hydrogen-bond acceptors (Lipinski definition) is 9. The second-order valence-electron chi connectivity index (χ2n) is 4.48. The SMILES string of the molecule is CCSC(SCC)C(O)C(O)C(O)C(O)C(O)C(O)CO. The zero-order chi connectivity index (χ0) is 16.6. The van der Waals surface area contributed by atoms with E-state index in [0.29, 0.717) is 11.5 Å². The molecular weight excluding hydrogens is 320 g/mol. The molecule has 0 aromatic carbocycles. The molecule has 0 aromatic heterocycles. The van der Waals surface area contributed by atoms with Crippen LogP contribution in [0.4, 0.5) is 0 Å². The molecule has 6 unspecified atom stereocenters. The number of aliphatic hydroxyl groups excluding tert-OH is 7. The molecule has 0 saturated carbocycles. The van der Waals surface area contributed by atoms with Crippen molar-refractivity contribution in [2.45, 2.75) is 55.1 Å². The van der Waals surface area contributed by atoms with Crippen molar-refractivity contribution in [3.63, 3.8) is 0 Å². The Morgan fingerprint density at radius 3 is 1.43 bits per heavy atom. The molecule has 7 nitrogen and oxygen atoms in total. The van der Waals surface area contributed by atoms with E-state index in [1.807, 2.05) is 13.8 Å². The molecule has 0 fully saturated rings. The quantitative estimate of drug-likeness (QED) is 0.211. The maximum Gasteiger partial charge on any atom is 0.111 e. The summed E-state index contributed by atoms with van der Waals surface area (Å²) in [4.78, 5) is 0. The second-order valence-corrected chi connectivity index (χ2v) is 7.62. The lowest BCUT2D eigenvalue weighted by molar-refractivity contribution is -0.155. The Hall–Kier alpha value is 0.420. The van der Waals surface area contributed by atoms with E-state index in [9.17, 15) is 30.6 Å². The van der Waals surface area contributed by atoms with Crippen LogP contribution >= 0.6 is 23.5 Å².